The molecular formula is C9H15N3O2S. The van der Waals surface area contributed by atoms with Crippen molar-refractivity contribution in [3.05, 3.63) is 21.9 Å². The van der Waals surface area contributed by atoms with Gasteiger partial charge in [0.05, 0.1) is 23.4 Å². The zero-order valence-corrected chi connectivity index (χ0v) is 9.61. The van der Waals surface area contributed by atoms with Crippen LogP contribution in [-0.4, -0.2) is 20.5 Å². The van der Waals surface area contributed by atoms with Crippen molar-refractivity contribution in [2.75, 3.05) is 5.75 Å². The second-order valence-electron chi connectivity index (χ2n) is 3.44. The molecule has 0 aromatic carbocycles. The maximum absolute atomic E-state index is 10.5. The number of nitrogens with zero attached hydrogens (tertiary/aromatic N) is 3. The minimum absolute atomic E-state index is 0.0378. The summed E-state index contributed by atoms with van der Waals surface area (Å²) in [5.41, 5.74) is 0.620. The second kappa shape index (κ2) is 5.75. The minimum atomic E-state index is -0.445. The van der Waals surface area contributed by atoms with Crippen molar-refractivity contribution >= 4 is 18.4 Å². The quantitative estimate of drug-likeness (QED) is 0.352. The van der Waals surface area contributed by atoms with Gasteiger partial charge in [-0.2, -0.15) is 17.3 Å². The molecule has 1 aromatic rings. The lowest BCUT2D eigenvalue weighted by atomic mass is 10.2. The van der Waals surface area contributed by atoms with Crippen LogP contribution in [0.15, 0.2) is 6.20 Å². The smallest absolute Gasteiger partial charge is 0.358 e. The van der Waals surface area contributed by atoms with Gasteiger partial charge >= 0.3 is 5.82 Å². The Morgan fingerprint density at radius 2 is 2.27 bits per heavy atom. The van der Waals surface area contributed by atoms with Crippen LogP contribution in [0, 0.1) is 17.0 Å². The van der Waals surface area contributed by atoms with Crippen LogP contribution in [0.4, 0.5) is 5.82 Å². The molecule has 1 aromatic heterocycles. The maximum Gasteiger partial charge on any atom is 0.392 e. The van der Waals surface area contributed by atoms with Gasteiger partial charge in [0, 0.05) is 0 Å². The van der Waals surface area contributed by atoms with E-state index in [-0.39, 0.29) is 5.82 Å². The van der Waals surface area contributed by atoms with Gasteiger partial charge in [0.15, 0.2) is 0 Å². The average Bonchev–Trinajstić information content (AvgIpc) is 2.55. The number of aryl methyl sites for hydroxylation is 2. The van der Waals surface area contributed by atoms with Crippen LogP contribution >= 0.6 is 12.6 Å². The SMILES string of the molecule is Cc1cn(CCCCCS)nc1[N+](=O)[O-]. The van der Waals surface area contributed by atoms with E-state index >= 15 is 0 Å². The number of hydrogen-bond donors (Lipinski definition) is 1. The number of aromatic nitrogens is 2. The molecule has 0 unspecified atom stereocenters. The van der Waals surface area contributed by atoms with Crippen molar-refractivity contribution in [1.29, 1.82) is 0 Å². The highest BCUT2D eigenvalue weighted by atomic mass is 32.1. The summed E-state index contributed by atoms with van der Waals surface area (Å²) in [6, 6.07) is 0. The number of nitro groups is 1. The van der Waals surface area contributed by atoms with Gasteiger partial charge in [-0.05, 0) is 30.4 Å². The van der Waals surface area contributed by atoms with Crippen LogP contribution in [0.25, 0.3) is 0 Å². The van der Waals surface area contributed by atoms with E-state index in [1.165, 1.54) is 0 Å². The fraction of sp³-hybridized carbons (Fsp3) is 0.667. The molecule has 0 saturated heterocycles. The van der Waals surface area contributed by atoms with E-state index in [0.29, 0.717) is 5.56 Å². The van der Waals surface area contributed by atoms with Gasteiger partial charge in [-0.1, -0.05) is 6.42 Å². The molecular weight excluding hydrogens is 214 g/mol. The van der Waals surface area contributed by atoms with Crippen LogP contribution in [0.5, 0.6) is 0 Å². The Morgan fingerprint density at radius 1 is 1.53 bits per heavy atom. The summed E-state index contributed by atoms with van der Waals surface area (Å²) in [6.45, 7) is 2.44. The van der Waals surface area contributed by atoms with E-state index in [1.807, 2.05) is 0 Å². The van der Waals surface area contributed by atoms with Crippen LogP contribution in [-0.2, 0) is 6.54 Å². The minimum Gasteiger partial charge on any atom is -0.358 e. The molecule has 0 aliphatic rings. The Kier molecular flexibility index (Phi) is 4.61. The third-order valence-corrected chi connectivity index (χ3v) is 2.45. The van der Waals surface area contributed by atoms with Gasteiger partial charge in [0.25, 0.3) is 0 Å². The van der Waals surface area contributed by atoms with E-state index < -0.39 is 4.92 Å². The summed E-state index contributed by atoms with van der Waals surface area (Å²) in [5, 5.41) is 14.4. The van der Waals surface area contributed by atoms with Crippen LogP contribution in [0.1, 0.15) is 24.8 Å². The lowest BCUT2D eigenvalue weighted by Crippen LogP contribution is -1.99. The van der Waals surface area contributed by atoms with E-state index in [1.54, 1.807) is 17.8 Å². The summed E-state index contributed by atoms with van der Waals surface area (Å²) in [7, 11) is 0. The molecule has 0 saturated carbocycles. The highest BCUT2D eigenvalue weighted by Crippen LogP contribution is 2.14. The zero-order chi connectivity index (χ0) is 11.3. The Hall–Kier alpha value is -1.04. The van der Waals surface area contributed by atoms with Gasteiger partial charge in [-0.25, -0.2) is 0 Å². The Morgan fingerprint density at radius 3 is 2.80 bits per heavy atom. The Bertz CT molecular complexity index is 338. The van der Waals surface area contributed by atoms with Crippen molar-refractivity contribution < 1.29 is 4.92 Å². The largest absolute Gasteiger partial charge is 0.392 e. The third-order valence-electron chi connectivity index (χ3n) is 2.14. The summed E-state index contributed by atoms with van der Waals surface area (Å²) in [4.78, 5) is 10.1. The molecule has 0 spiro atoms. The average molecular weight is 229 g/mol. The van der Waals surface area contributed by atoms with Crippen LogP contribution in [0.3, 0.4) is 0 Å². The molecule has 6 heteroatoms. The highest BCUT2D eigenvalue weighted by molar-refractivity contribution is 7.80. The van der Waals surface area contributed by atoms with Crippen molar-refractivity contribution in [3.63, 3.8) is 0 Å². The number of hydrogen-bond acceptors (Lipinski definition) is 4. The van der Waals surface area contributed by atoms with Gasteiger partial charge in [0.2, 0.25) is 0 Å². The predicted octanol–water partition coefficient (Wildman–Crippen LogP) is 2.20. The van der Waals surface area contributed by atoms with E-state index in [0.717, 1.165) is 31.6 Å². The summed E-state index contributed by atoms with van der Waals surface area (Å²) in [6.07, 6.45) is 4.86. The topological polar surface area (TPSA) is 61.0 Å². The molecule has 0 radical (unpaired) electrons. The molecule has 5 nitrogen and oxygen atoms in total. The molecule has 0 amide bonds. The molecule has 0 fully saturated rings. The van der Waals surface area contributed by atoms with Crippen molar-refractivity contribution in [2.24, 2.45) is 0 Å². The predicted molar refractivity (Wildman–Crippen MR) is 61.3 cm³/mol. The maximum atomic E-state index is 10.5. The van der Waals surface area contributed by atoms with Crippen molar-refractivity contribution in [2.45, 2.75) is 32.7 Å². The van der Waals surface area contributed by atoms with E-state index in [4.69, 9.17) is 0 Å². The normalized spacial score (nSPS) is 10.5. The molecule has 15 heavy (non-hydrogen) atoms. The first kappa shape index (κ1) is 12.0. The fourth-order valence-corrected chi connectivity index (χ4v) is 1.59. The molecule has 1 heterocycles. The van der Waals surface area contributed by atoms with Gasteiger partial charge in [-0.3, -0.25) is 0 Å². The molecule has 0 N–H and O–H groups in total. The van der Waals surface area contributed by atoms with E-state index in [2.05, 4.69) is 17.7 Å². The first-order chi connectivity index (χ1) is 7.15. The van der Waals surface area contributed by atoms with Crippen molar-refractivity contribution in [3.8, 4) is 0 Å². The molecule has 0 bridgehead atoms. The number of rotatable bonds is 6. The lowest BCUT2D eigenvalue weighted by Gasteiger charge is -1.95. The Labute approximate surface area is 94.0 Å². The second-order valence-corrected chi connectivity index (χ2v) is 3.89. The summed E-state index contributed by atoms with van der Waals surface area (Å²) < 4.78 is 1.64. The first-order valence-electron chi connectivity index (χ1n) is 4.94. The molecule has 1 rings (SSSR count). The van der Waals surface area contributed by atoms with Crippen LogP contribution < -0.4 is 0 Å². The van der Waals surface area contributed by atoms with Crippen LogP contribution in [0.2, 0.25) is 0 Å². The van der Waals surface area contributed by atoms with Gasteiger partial charge in [-0.15, -0.1) is 0 Å². The zero-order valence-electron chi connectivity index (χ0n) is 8.72. The standard InChI is InChI=1S/C9H15N3O2S/c1-8-7-11(5-3-2-4-6-15)10-9(8)12(13)14/h7,15H,2-6H2,1H3. The summed E-state index contributed by atoms with van der Waals surface area (Å²) >= 11 is 4.12. The lowest BCUT2D eigenvalue weighted by molar-refractivity contribution is -0.390. The third kappa shape index (κ3) is 3.54. The van der Waals surface area contributed by atoms with Gasteiger partial charge in [0.1, 0.15) is 0 Å². The summed E-state index contributed by atoms with van der Waals surface area (Å²) in [5.74, 6) is 0.849. The Balaban J connectivity index is 2.48. The molecule has 0 atom stereocenters. The van der Waals surface area contributed by atoms with Gasteiger partial charge < -0.3 is 10.1 Å². The fourth-order valence-electron chi connectivity index (χ4n) is 1.37. The number of thiol groups is 1. The molecule has 84 valence electrons. The molecule has 0 aliphatic carbocycles. The number of unbranched alkanes of at least 4 members (excludes halogenated alkanes) is 2. The first-order valence-corrected chi connectivity index (χ1v) is 5.57. The molecule has 0 aliphatic heterocycles. The van der Waals surface area contributed by atoms with E-state index in [9.17, 15) is 10.1 Å². The van der Waals surface area contributed by atoms with Crippen molar-refractivity contribution in [1.82, 2.24) is 9.78 Å². The monoisotopic (exact) mass is 229 g/mol. The highest BCUT2D eigenvalue weighted by Gasteiger charge is 2.16.